The highest BCUT2D eigenvalue weighted by atomic mass is 16.7. The van der Waals surface area contributed by atoms with Crippen LogP contribution in [0, 0.1) is 10.8 Å². The van der Waals surface area contributed by atoms with Crippen molar-refractivity contribution in [3.63, 3.8) is 0 Å². The lowest BCUT2D eigenvalue weighted by atomic mass is 9.88. The summed E-state index contributed by atoms with van der Waals surface area (Å²) < 4.78 is 23.3. The van der Waals surface area contributed by atoms with Gasteiger partial charge in [-0.25, -0.2) is 0 Å². The lowest BCUT2D eigenvalue weighted by molar-refractivity contribution is -0.234. The maximum Gasteiger partial charge on any atom is 0.183 e. The van der Waals surface area contributed by atoms with Crippen molar-refractivity contribution in [2.75, 3.05) is 33.0 Å². The second kappa shape index (κ2) is 8.93. The van der Waals surface area contributed by atoms with E-state index >= 15 is 0 Å². The smallest absolute Gasteiger partial charge is 0.183 e. The molecule has 8 heteroatoms. The van der Waals surface area contributed by atoms with E-state index in [2.05, 4.69) is 39.6 Å². The highest BCUT2D eigenvalue weighted by molar-refractivity contribution is 5.77. The Morgan fingerprint density at radius 3 is 2.36 bits per heavy atom. The molecule has 2 heterocycles. The number of nitrogens with two attached hydrogens (primary N) is 1. The van der Waals surface area contributed by atoms with Gasteiger partial charge in [-0.2, -0.15) is 0 Å². The summed E-state index contributed by atoms with van der Waals surface area (Å²) in [5.74, 6) is 0.298. The number of rotatable bonds is 10. The van der Waals surface area contributed by atoms with Crippen LogP contribution in [0.2, 0.25) is 0 Å². The molecule has 2 rings (SSSR count). The average molecular weight is 403 g/mol. The van der Waals surface area contributed by atoms with Crippen molar-refractivity contribution in [2.24, 2.45) is 21.6 Å². The SMILES string of the molecule is CCC(C)(C)COCC(C)(C)COC[C@@]12CO[C@@H](O1)[C@H](N=C(C)N)[C@@H](O)[C@H]2O. The fourth-order valence-corrected chi connectivity index (χ4v) is 3.29. The number of aliphatic hydroxyl groups is 2. The van der Waals surface area contributed by atoms with Gasteiger partial charge in [0.25, 0.3) is 0 Å². The molecule has 0 radical (unpaired) electrons. The third-order valence-electron chi connectivity index (χ3n) is 5.47. The molecule has 0 aromatic heterocycles. The van der Waals surface area contributed by atoms with Crippen molar-refractivity contribution >= 4 is 5.84 Å². The summed E-state index contributed by atoms with van der Waals surface area (Å²) >= 11 is 0. The van der Waals surface area contributed by atoms with Gasteiger partial charge in [0.05, 0.1) is 38.9 Å². The first-order valence-corrected chi connectivity index (χ1v) is 10.0. The Morgan fingerprint density at radius 1 is 1.14 bits per heavy atom. The second-order valence-corrected chi connectivity index (χ2v) is 9.73. The summed E-state index contributed by atoms with van der Waals surface area (Å²) in [6.07, 6.45) is -1.99. The molecule has 0 aromatic carbocycles. The molecule has 0 unspecified atom stereocenters. The minimum absolute atomic E-state index is 0.115. The first-order valence-electron chi connectivity index (χ1n) is 10.0. The number of fused-ring (bicyclic) bond motifs is 2. The zero-order valence-electron chi connectivity index (χ0n) is 18.1. The van der Waals surface area contributed by atoms with Gasteiger partial charge in [-0.15, -0.1) is 0 Å². The van der Waals surface area contributed by atoms with Gasteiger partial charge in [0, 0.05) is 5.41 Å². The lowest BCUT2D eigenvalue weighted by Gasteiger charge is -2.41. The molecule has 4 N–H and O–H groups in total. The molecule has 0 aliphatic carbocycles. The Labute approximate surface area is 168 Å². The van der Waals surface area contributed by atoms with E-state index in [-0.39, 0.29) is 24.0 Å². The summed E-state index contributed by atoms with van der Waals surface area (Å²) in [4.78, 5) is 4.13. The number of nitrogens with zero attached hydrogens (tertiary/aromatic N) is 1. The van der Waals surface area contributed by atoms with Crippen molar-refractivity contribution in [2.45, 2.75) is 78.1 Å². The van der Waals surface area contributed by atoms with Crippen LogP contribution in [0.25, 0.3) is 0 Å². The molecule has 2 aliphatic rings. The van der Waals surface area contributed by atoms with E-state index < -0.39 is 30.1 Å². The minimum atomic E-state index is -1.18. The Bertz CT molecular complexity index is 549. The number of aliphatic imine (C=N–C) groups is 1. The van der Waals surface area contributed by atoms with E-state index in [9.17, 15) is 10.2 Å². The Balaban J connectivity index is 1.86. The monoisotopic (exact) mass is 402 g/mol. The van der Waals surface area contributed by atoms with E-state index in [1.165, 1.54) is 0 Å². The van der Waals surface area contributed by atoms with Crippen LogP contribution in [-0.4, -0.2) is 79.2 Å². The van der Waals surface area contributed by atoms with Crippen LogP contribution in [0.15, 0.2) is 4.99 Å². The fraction of sp³-hybridized carbons (Fsp3) is 0.950. The van der Waals surface area contributed by atoms with Crippen molar-refractivity contribution in [3.05, 3.63) is 0 Å². The molecule has 164 valence electrons. The molecular weight excluding hydrogens is 364 g/mol. The number of aliphatic hydroxyl groups excluding tert-OH is 2. The quantitative estimate of drug-likeness (QED) is 0.370. The van der Waals surface area contributed by atoms with E-state index in [0.717, 1.165) is 6.42 Å². The molecule has 0 aromatic rings. The third-order valence-corrected chi connectivity index (χ3v) is 5.47. The predicted molar refractivity (Wildman–Crippen MR) is 106 cm³/mol. The molecule has 0 saturated carbocycles. The van der Waals surface area contributed by atoms with Crippen molar-refractivity contribution in [1.82, 2.24) is 0 Å². The summed E-state index contributed by atoms with van der Waals surface area (Å²) in [5.41, 5.74) is 4.47. The third kappa shape index (κ3) is 5.64. The van der Waals surface area contributed by atoms with Gasteiger partial charge in [0.2, 0.25) is 0 Å². The maximum absolute atomic E-state index is 10.6. The van der Waals surface area contributed by atoms with Gasteiger partial charge in [-0.1, -0.05) is 34.6 Å². The van der Waals surface area contributed by atoms with Gasteiger partial charge in [0.1, 0.15) is 23.9 Å². The van der Waals surface area contributed by atoms with Crippen molar-refractivity contribution in [1.29, 1.82) is 0 Å². The van der Waals surface area contributed by atoms with E-state index in [0.29, 0.717) is 25.7 Å². The lowest BCUT2D eigenvalue weighted by Crippen LogP contribution is -2.62. The van der Waals surface area contributed by atoms with Crippen LogP contribution >= 0.6 is 0 Å². The summed E-state index contributed by atoms with van der Waals surface area (Å²) in [7, 11) is 0. The van der Waals surface area contributed by atoms with Gasteiger partial charge in [-0.3, -0.25) is 4.99 Å². The molecule has 28 heavy (non-hydrogen) atoms. The van der Waals surface area contributed by atoms with Crippen LogP contribution in [0.4, 0.5) is 0 Å². The molecule has 0 amide bonds. The first kappa shape index (κ1) is 23.5. The molecular formula is C20H38N2O6. The van der Waals surface area contributed by atoms with Crippen molar-refractivity contribution < 1.29 is 29.2 Å². The standard InChI is InChI=1S/C20H38N2O6/c1-7-18(3,4)8-25-9-19(5,6)10-26-11-20-12-27-17(28-20)14(22-13(2)21)15(23)16(20)24/h14-17,23-24H,7-12H2,1-6H3,(H2,21,22)/t14-,15-,16-,17+,20+/m1/s1. The number of hydrogen-bond donors (Lipinski definition) is 3. The van der Waals surface area contributed by atoms with Crippen LogP contribution < -0.4 is 5.73 Å². The Morgan fingerprint density at radius 2 is 1.75 bits per heavy atom. The average Bonchev–Trinajstić information content (AvgIpc) is 2.99. The molecule has 5 atom stereocenters. The molecule has 8 nitrogen and oxygen atoms in total. The highest BCUT2D eigenvalue weighted by Gasteiger charge is 2.59. The van der Waals surface area contributed by atoms with Crippen LogP contribution in [0.1, 0.15) is 48.0 Å². The highest BCUT2D eigenvalue weighted by Crippen LogP contribution is 2.38. The fourth-order valence-electron chi connectivity index (χ4n) is 3.29. The predicted octanol–water partition coefficient (Wildman–Crippen LogP) is 1.07. The molecule has 2 bridgehead atoms. The van der Waals surface area contributed by atoms with Crippen LogP contribution in [0.3, 0.4) is 0 Å². The number of hydrogen-bond acceptors (Lipinski definition) is 7. The zero-order chi connectivity index (χ0) is 21.2. The zero-order valence-corrected chi connectivity index (χ0v) is 18.1. The van der Waals surface area contributed by atoms with Crippen LogP contribution in [0.5, 0.6) is 0 Å². The Hall–Kier alpha value is -0.770. The molecule has 2 aliphatic heterocycles. The topological polar surface area (TPSA) is 116 Å². The van der Waals surface area contributed by atoms with E-state index in [1.54, 1.807) is 6.92 Å². The van der Waals surface area contributed by atoms with Gasteiger partial charge in [0.15, 0.2) is 6.29 Å². The number of amidine groups is 1. The first-order chi connectivity index (χ1) is 12.9. The summed E-state index contributed by atoms with van der Waals surface area (Å²) in [6.45, 7) is 14.2. The van der Waals surface area contributed by atoms with Gasteiger partial charge < -0.3 is 34.9 Å². The van der Waals surface area contributed by atoms with E-state index in [1.807, 2.05) is 0 Å². The van der Waals surface area contributed by atoms with Gasteiger partial charge >= 0.3 is 0 Å². The number of ether oxygens (including phenoxy) is 4. The van der Waals surface area contributed by atoms with E-state index in [4.69, 9.17) is 24.7 Å². The van der Waals surface area contributed by atoms with Gasteiger partial charge in [-0.05, 0) is 18.8 Å². The Kier molecular flexibility index (Phi) is 7.50. The molecule has 2 saturated heterocycles. The second-order valence-electron chi connectivity index (χ2n) is 9.73. The summed E-state index contributed by atoms with van der Waals surface area (Å²) in [5, 5.41) is 21.1. The molecule has 2 fully saturated rings. The summed E-state index contributed by atoms with van der Waals surface area (Å²) in [6, 6.07) is -0.748. The maximum atomic E-state index is 10.6. The normalized spacial score (nSPS) is 34.1. The largest absolute Gasteiger partial charge is 0.388 e. The van der Waals surface area contributed by atoms with Crippen molar-refractivity contribution in [3.8, 4) is 0 Å². The molecule has 0 spiro atoms. The van der Waals surface area contributed by atoms with Crippen LogP contribution in [-0.2, 0) is 18.9 Å². The minimum Gasteiger partial charge on any atom is -0.388 e.